The quantitative estimate of drug-likeness (QED) is 0.154. The van der Waals surface area contributed by atoms with Gasteiger partial charge in [0.2, 0.25) is 0 Å². The van der Waals surface area contributed by atoms with Gasteiger partial charge in [-0.25, -0.2) is 0 Å². The predicted octanol–water partition coefficient (Wildman–Crippen LogP) is 13.9. The fourth-order valence-electron chi connectivity index (χ4n) is 13.5. The van der Waals surface area contributed by atoms with Crippen molar-refractivity contribution in [1.82, 2.24) is 0 Å². The Morgan fingerprint density at radius 1 is 0.234 bits per heavy atom. The Morgan fingerprint density at radius 2 is 0.519 bits per heavy atom. The van der Waals surface area contributed by atoms with E-state index in [1.807, 2.05) is 0 Å². The van der Waals surface area contributed by atoms with E-state index < -0.39 is 0 Å². The number of hydrogen-bond donors (Lipinski definition) is 0. The molecule has 77 heavy (non-hydrogen) atoms. The molecule has 5 aliphatic heterocycles. The van der Waals surface area contributed by atoms with Gasteiger partial charge in [-0.05, 0) is 0 Å². The van der Waals surface area contributed by atoms with Crippen LogP contribution in [0.15, 0.2) is 267 Å². The first-order chi connectivity index (χ1) is 38.2. The molecule has 6 heterocycles. The van der Waals surface area contributed by atoms with Crippen molar-refractivity contribution in [3.63, 3.8) is 0 Å². The zero-order chi connectivity index (χ0) is 50.3. The molecule has 0 saturated heterocycles. The average Bonchev–Trinajstić information content (AvgIpc) is 4.14. The van der Waals surface area contributed by atoms with Gasteiger partial charge in [0.15, 0.2) is 0 Å². The summed E-state index contributed by atoms with van der Waals surface area (Å²) in [6.45, 7) is 0.136. The number of nitrogens with zero attached hydrogens (tertiary/aromatic N) is 4. The van der Waals surface area contributed by atoms with Gasteiger partial charge in [0.25, 0.3) is 0 Å². The Kier molecular flexibility index (Phi) is 9.29. The van der Waals surface area contributed by atoms with E-state index in [4.69, 9.17) is 0 Å². The fraction of sp³-hybridized carbons (Fsp3) is 0. The van der Waals surface area contributed by atoms with Crippen LogP contribution in [0.5, 0.6) is 0 Å². The van der Waals surface area contributed by atoms with Crippen molar-refractivity contribution >= 4 is 127 Å². The van der Waals surface area contributed by atoms with Crippen LogP contribution in [0.2, 0.25) is 0 Å². The molecule has 7 heteroatoms. The maximum absolute atomic E-state index is 2.67. The molecule has 0 saturated carbocycles. The van der Waals surface area contributed by atoms with Crippen LogP contribution in [0.3, 0.4) is 0 Å². The van der Waals surface area contributed by atoms with E-state index in [1.54, 1.807) is 0 Å². The van der Waals surface area contributed by atoms with Crippen molar-refractivity contribution in [3.8, 4) is 44.5 Å². The van der Waals surface area contributed by atoms with E-state index in [0.29, 0.717) is 0 Å². The molecule has 0 radical (unpaired) electrons. The number of hydrogen-bond acceptors (Lipinski definition) is 4. The molecule has 12 aromatic rings. The van der Waals surface area contributed by atoms with Gasteiger partial charge in [0, 0.05) is 0 Å². The number of fused-ring (bicyclic) bond motifs is 11. The summed E-state index contributed by atoms with van der Waals surface area (Å²) in [6, 6.07) is 99.6. The summed E-state index contributed by atoms with van der Waals surface area (Å²) in [6.07, 6.45) is 0. The number of para-hydroxylation sites is 4. The monoisotopic (exact) mass is 1040 g/mol. The van der Waals surface area contributed by atoms with Gasteiger partial charge in [-0.15, -0.1) is 0 Å². The SMILES string of the molecule is c1ccc(-c2cc(-c3ccccc3)cc(N3c4ccccc4B4c5[se]c6c7c5N(c5ccccc5N7c5cccc7c5B6c5ccccc5N7c5cc(-c6ccccc6)cc(-c6ccccc6)c5)c5cccc3c54)c2)cc1. The van der Waals surface area contributed by atoms with Gasteiger partial charge in [-0.2, -0.15) is 0 Å². The van der Waals surface area contributed by atoms with E-state index in [9.17, 15) is 0 Å². The molecule has 0 spiro atoms. The summed E-state index contributed by atoms with van der Waals surface area (Å²) in [5, 5.41) is 0. The molecule has 0 N–H and O–H groups in total. The molecule has 0 atom stereocenters. The standard InChI is InChI=1S/C70H44B2N4Se/c1-5-21-45(22-6-1)49-39-50(46-23-7-2-8-24-46)42-53(41-49)73-57-31-15-13-29-55(57)71-65-61(73)35-19-37-63(65)75-59-33-17-18-34-60(59)76-64-38-20-36-62-66(64)72(70-68(76)67(75)69(71)77-70)56-30-14-16-32-58(56)74(62)54-43-51(47-25-9-3-10-26-47)40-52(44-54)48-27-11-4-12-28-48/h1-44H. The molecule has 0 bridgehead atoms. The number of rotatable bonds is 6. The minimum atomic E-state index is -0.0277. The van der Waals surface area contributed by atoms with Gasteiger partial charge in [0.1, 0.15) is 0 Å². The van der Waals surface area contributed by atoms with E-state index in [-0.39, 0.29) is 27.9 Å². The molecule has 17 rings (SSSR count). The van der Waals surface area contributed by atoms with E-state index in [2.05, 4.69) is 287 Å². The van der Waals surface area contributed by atoms with Crippen LogP contribution in [0.1, 0.15) is 0 Å². The van der Waals surface area contributed by atoms with Crippen molar-refractivity contribution in [1.29, 1.82) is 0 Å². The van der Waals surface area contributed by atoms with Gasteiger partial charge in [-0.1, -0.05) is 0 Å². The number of anilines is 12. The molecule has 0 aliphatic carbocycles. The van der Waals surface area contributed by atoms with Gasteiger partial charge in [-0.3, -0.25) is 0 Å². The second kappa shape index (κ2) is 16.6. The molecule has 356 valence electrons. The zero-order valence-corrected chi connectivity index (χ0v) is 43.5. The van der Waals surface area contributed by atoms with E-state index in [0.717, 1.165) is 11.4 Å². The maximum atomic E-state index is 2.67. The topological polar surface area (TPSA) is 13.0 Å². The Bertz CT molecular complexity index is 4000. The minimum absolute atomic E-state index is 0.0277. The molecule has 4 nitrogen and oxygen atoms in total. The zero-order valence-electron chi connectivity index (χ0n) is 41.8. The fourth-order valence-corrected chi connectivity index (χ4v) is 16.7. The van der Waals surface area contributed by atoms with Gasteiger partial charge < -0.3 is 0 Å². The molecule has 11 aromatic carbocycles. The van der Waals surface area contributed by atoms with Crippen molar-refractivity contribution in [2.24, 2.45) is 0 Å². The summed E-state index contributed by atoms with van der Waals surface area (Å²) in [5.74, 6) is 0. The summed E-state index contributed by atoms with van der Waals surface area (Å²) in [4.78, 5) is 10.5. The molecule has 0 amide bonds. The van der Waals surface area contributed by atoms with Gasteiger partial charge >= 0.3 is 458 Å². The van der Waals surface area contributed by atoms with Crippen LogP contribution in [0.25, 0.3) is 44.5 Å². The third kappa shape index (κ3) is 6.24. The average molecular weight is 1040 g/mol. The Morgan fingerprint density at radius 3 is 0.870 bits per heavy atom. The van der Waals surface area contributed by atoms with Crippen molar-refractivity contribution < 1.29 is 0 Å². The second-order valence-corrected chi connectivity index (χ2v) is 23.0. The summed E-state index contributed by atoms with van der Waals surface area (Å²) in [7, 11) is 0. The molecular weight excluding hydrogens is 997 g/mol. The predicted molar refractivity (Wildman–Crippen MR) is 327 cm³/mol. The van der Waals surface area contributed by atoms with E-state index >= 15 is 0 Å². The summed E-state index contributed by atoms with van der Waals surface area (Å²) in [5.41, 5.74) is 30.0. The molecular formula is C70H44B2N4Se. The number of benzene rings is 11. The van der Waals surface area contributed by atoms with Crippen LogP contribution < -0.4 is 50.1 Å². The van der Waals surface area contributed by atoms with Gasteiger partial charge in [0.05, 0.1) is 0 Å². The molecule has 5 aliphatic rings. The first-order valence-electron chi connectivity index (χ1n) is 26.7. The van der Waals surface area contributed by atoms with Crippen LogP contribution >= 0.6 is 0 Å². The van der Waals surface area contributed by atoms with Crippen LogP contribution in [0, 0.1) is 0 Å². The second-order valence-electron chi connectivity index (χ2n) is 20.8. The first kappa shape index (κ1) is 43.0. The third-order valence-electron chi connectivity index (χ3n) is 16.7. The van der Waals surface area contributed by atoms with Crippen LogP contribution in [0.4, 0.5) is 68.2 Å². The van der Waals surface area contributed by atoms with E-state index in [1.165, 1.54) is 132 Å². The van der Waals surface area contributed by atoms with Crippen molar-refractivity contribution in [3.05, 3.63) is 267 Å². The Hall–Kier alpha value is -9.25. The van der Waals surface area contributed by atoms with Crippen molar-refractivity contribution in [2.75, 3.05) is 19.6 Å². The molecule has 1 aromatic heterocycles. The first-order valence-corrected chi connectivity index (χ1v) is 28.4. The summed E-state index contributed by atoms with van der Waals surface area (Å²) >= 11 is -0.0277. The van der Waals surface area contributed by atoms with Crippen LogP contribution in [-0.4, -0.2) is 27.9 Å². The molecule has 0 fully saturated rings. The third-order valence-corrected chi connectivity index (χ3v) is 19.4. The molecule has 0 unspecified atom stereocenters. The van der Waals surface area contributed by atoms with Crippen molar-refractivity contribution in [2.45, 2.75) is 0 Å². The normalized spacial score (nSPS) is 13.6. The summed E-state index contributed by atoms with van der Waals surface area (Å²) < 4.78 is 3.07. The Labute approximate surface area is 454 Å². The van der Waals surface area contributed by atoms with Crippen LogP contribution in [-0.2, 0) is 0 Å². The Balaban J connectivity index is 0.896.